The minimum absolute atomic E-state index is 0.231. The van der Waals surface area contributed by atoms with Crippen LogP contribution in [-0.2, 0) is 4.79 Å². The van der Waals surface area contributed by atoms with Crippen molar-refractivity contribution >= 4 is 5.97 Å². The van der Waals surface area contributed by atoms with Gasteiger partial charge in [-0.15, -0.1) is 0 Å². The minimum Gasteiger partial charge on any atom is -0.481 e. The van der Waals surface area contributed by atoms with Gasteiger partial charge in [-0.2, -0.15) is 0 Å². The third-order valence-electron chi connectivity index (χ3n) is 0.276. The quantitative estimate of drug-likeness (QED) is 0.526. The van der Waals surface area contributed by atoms with Gasteiger partial charge in [0, 0.05) is 0 Å². The normalized spacial score (nSPS) is 8.17. The average Bonchev–Trinajstić information content (AvgIpc) is 1.35. The monoisotopic (exact) mass is 85.0 g/mol. The van der Waals surface area contributed by atoms with E-state index in [9.17, 15) is 4.79 Å². The lowest BCUT2D eigenvalue weighted by Crippen LogP contribution is -1.91. The highest BCUT2D eigenvalue weighted by Crippen LogP contribution is 1.79. The molecular formula is C4H5O2. The fourth-order valence-corrected chi connectivity index (χ4v) is 0.107. The van der Waals surface area contributed by atoms with Gasteiger partial charge in [-0.25, -0.2) is 0 Å². The molecule has 0 aliphatic rings. The molecule has 0 atom stereocenters. The van der Waals surface area contributed by atoms with Crippen LogP contribution in [0.3, 0.4) is 0 Å². The van der Waals surface area contributed by atoms with Crippen LogP contribution in [0.1, 0.15) is 6.42 Å². The van der Waals surface area contributed by atoms with Crippen molar-refractivity contribution in [3.63, 3.8) is 0 Å². The van der Waals surface area contributed by atoms with E-state index in [1.165, 1.54) is 0 Å². The Morgan fingerprint density at radius 1 is 2.00 bits per heavy atom. The van der Waals surface area contributed by atoms with Crippen LogP contribution in [0, 0.1) is 13.3 Å². The van der Waals surface area contributed by atoms with Gasteiger partial charge in [-0.3, -0.25) is 4.79 Å². The van der Waals surface area contributed by atoms with Crippen LogP contribution in [0.25, 0.3) is 0 Å². The first kappa shape index (κ1) is 5.47. The van der Waals surface area contributed by atoms with Crippen molar-refractivity contribution in [2.24, 2.45) is 0 Å². The highest BCUT2D eigenvalue weighted by Gasteiger charge is 1.89. The van der Waals surface area contributed by atoms with Crippen molar-refractivity contribution < 1.29 is 9.90 Å². The van der Waals surface area contributed by atoms with Crippen LogP contribution >= 0.6 is 0 Å². The molecule has 2 nitrogen and oxygen atoms in total. The molecule has 0 fully saturated rings. The topological polar surface area (TPSA) is 37.3 Å². The van der Waals surface area contributed by atoms with Gasteiger partial charge in [-0.05, 0) is 6.42 Å². The van der Waals surface area contributed by atoms with E-state index in [4.69, 9.17) is 5.11 Å². The van der Waals surface area contributed by atoms with E-state index >= 15 is 0 Å². The van der Waals surface area contributed by atoms with E-state index in [0.717, 1.165) is 0 Å². The fourth-order valence-electron chi connectivity index (χ4n) is 0.107. The van der Waals surface area contributed by atoms with E-state index in [0.29, 0.717) is 0 Å². The standard InChI is InChI=1S/C4H5O2/c1-2-3-4(5)6/h1-2H2,(H,5,6). The molecular weight excluding hydrogens is 80.0 g/mol. The predicted molar refractivity (Wildman–Crippen MR) is 20.9 cm³/mol. The van der Waals surface area contributed by atoms with Crippen molar-refractivity contribution in [1.82, 2.24) is 0 Å². The Hall–Kier alpha value is -0.530. The van der Waals surface area contributed by atoms with Gasteiger partial charge >= 0.3 is 5.97 Å². The van der Waals surface area contributed by atoms with Crippen molar-refractivity contribution in [2.75, 3.05) is 0 Å². The molecule has 0 aromatic carbocycles. The molecule has 3 radical (unpaired) electrons. The number of carboxylic acids is 1. The Morgan fingerprint density at radius 2 is 2.50 bits per heavy atom. The van der Waals surface area contributed by atoms with Gasteiger partial charge in [0.2, 0.25) is 0 Å². The number of rotatable bonds is 2. The first-order valence-corrected chi connectivity index (χ1v) is 1.53. The van der Waals surface area contributed by atoms with E-state index in [2.05, 4.69) is 6.92 Å². The third-order valence-corrected chi connectivity index (χ3v) is 0.276. The van der Waals surface area contributed by atoms with E-state index in [-0.39, 0.29) is 6.42 Å². The molecule has 0 unspecified atom stereocenters. The number of hydrogen-bond acceptors (Lipinski definition) is 1. The zero-order chi connectivity index (χ0) is 4.99. The van der Waals surface area contributed by atoms with Crippen LogP contribution in [0.4, 0.5) is 0 Å². The maximum atomic E-state index is 9.45. The van der Waals surface area contributed by atoms with Gasteiger partial charge in [0.25, 0.3) is 0 Å². The van der Waals surface area contributed by atoms with Crippen LogP contribution in [-0.4, -0.2) is 11.1 Å². The molecule has 0 spiro atoms. The summed E-state index contributed by atoms with van der Waals surface area (Å²) in [6, 6.07) is 0. The lowest BCUT2D eigenvalue weighted by atomic mass is 10.4. The summed E-state index contributed by atoms with van der Waals surface area (Å²) in [6.07, 6.45) is 2.25. The number of aliphatic carboxylic acids is 1. The van der Waals surface area contributed by atoms with E-state index in [1.54, 1.807) is 0 Å². The first-order valence-electron chi connectivity index (χ1n) is 1.53. The maximum absolute atomic E-state index is 9.45. The van der Waals surface area contributed by atoms with Gasteiger partial charge in [0.15, 0.2) is 0 Å². The van der Waals surface area contributed by atoms with Crippen molar-refractivity contribution in [3.05, 3.63) is 13.3 Å². The lowest BCUT2D eigenvalue weighted by Gasteiger charge is -1.77. The summed E-state index contributed by atoms with van der Waals surface area (Å²) < 4.78 is 0. The summed E-state index contributed by atoms with van der Waals surface area (Å²) in [5.74, 6) is -1.02. The van der Waals surface area contributed by atoms with Crippen molar-refractivity contribution in [2.45, 2.75) is 6.42 Å². The highest BCUT2D eigenvalue weighted by atomic mass is 16.4. The van der Waals surface area contributed by atoms with Crippen molar-refractivity contribution in [3.8, 4) is 0 Å². The molecule has 1 N–H and O–H groups in total. The second kappa shape index (κ2) is 2.69. The fraction of sp³-hybridized carbons (Fsp3) is 0.250. The van der Waals surface area contributed by atoms with E-state index in [1.807, 2.05) is 6.42 Å². The Kier molecular flexibility index (Phi) is 2.46. The molecule has 6 heavy (non-hydrogen) atoms. The second-order valence-corrected chi connectivity index (χ2v) is 0.732. The molecule has 0 bridgehead atoms. The molecule has 0 aromatic rings. The van der Waals surface area contributed by atoms with Gasteiger partial charge in [0.05, 0.1) is 0 Å². The lowest BCUT2D eigenvalue weighted by molar-refractivity contribution is -0.133. The molecule has 0 saturated heterocycles. The molecule has 0 heterocycles. The summed E-state index contributed by atoms with van der Waals surface area (Å²) >= 11 is 0. The molecule has 0 aliphatic carbocycles. The molecule has 0 rings (SSSR count). The maximum Gasteiger partial charge on any atom is 0.312 e. The second-order valence-electron chi connectivity index (χ2n) is 0.732. The molecule has 0 amide bonds. The third kappa shape index (κ3) is 3.47. The molecule has 0 aliphatic heterocycles. The number of hydrogen-bond donors (Lipinski definition) is 1. The first-order chi connectivity index (χ1) is 2.77. The van der Waals surface area contributed by atoms with Crippen molar-refractivity contribution in [1.29, 1.82) is 0 Å². The Labute approximate surface area is 36.8 Å². The number of carboxylic acid groups (broad SMARTS) is 1. The van der Waals surface area contributed by atoms with E-state index < -0.39 is 5.97 Å². The Bertz CT molecular complexity index is 49.5. The summed E-state index contributed by atoms with van der Waals surface area (Å²) in [5, 5.41) is 7.76. The van der Waals surface area contributed by atoms with Crippen LogP contribution < -0.4 is 0 Å². The average molecular weight is 85.1 g/mol. The van der Waals surface area contributed by atoms with Gasteiger partial charge in [-0.1, -0.05) is 6.92 Å². The highest BCUT2D eigenvalue weighted by molar-refractivity contribution is 5.76. The molecule has 33 valence electrons. The van der Waals surface area contributed by atoms with Crippen LogP contribution in [0.5, 0.6) is 0 Å². The summed E-state index contributed by atoms with van der Waals surface area (Å²) in [7, 11) is 0. The minimum atomic E-state index is -1.02. The smallest absolute Gasteiger partial charge is 0.312 e. The molecule has 0 saturated carbocycles. The van der Waals surface area contributed by atoms with Crippen LogP contribution in [0.15, 0.2) is 0 Å². The SMILES string of the molecule is [CH2]C[C]C(=O)O. The largest absolute Gasteiger partial charge is 0.481 e. The van der Waals surface area contributed by atoms with Gasteiger partial charge < -0.3 is 5.11 Å². The predicted octanol–water partition coefficient (Wildman–Crippen LogP) is 0.376. The summed E-state index contributed by atoms with van der Waals surface area (Å²) in [6.45, 7) is 3.23. The zero-order valence-corrected chi connectivity index (χ0v) is 3.27. The Balaban J connectivity index is 2.83. The zero-order valence-electron chi connectivity index (χ0n) is 3.27. The Morgan fingerprint density at radius 3 is 2.50 bits per heavy atom. The molecule has 0 aromatic heterocycles. The molecule has 2 heteroatoms. The number of carbonyl (C=O) groups is 1. The summed E-state index contributed by atoms with van der Waals surface area (Å²) in [4.78, 5) is 9.45. The van der Waals surface area contributed by atoms with Gasteiger partial charge in [0.1, 0.15) is 6.42 Å². The summed E-state index contributed by atoms with van der Waals surface area (Å²) in [5.41, 5.74) is 0. The van der Waals surface area contributed by atoms with Crippen LogP contribution in [0.2, 0.25) is 0 Å².